The molecule has 0 spiro atoms. The number of aromatic amines is 1. The highest BCUT2D eigenvalue weighted by Crippen LogP contribution is 2.25. The third-order valence-electron chi connectivity index (χ3n) is 2.69. The predicted octanol–water partition coefficient (Wildman–Crippen LogP) is 3.01. The van der Waals surface area contributed by atoms with Crippen molar-refractivity contribution in [3.05, 3.63) is 29.5 Å². The molecule has 0 saturated carbocycles. The van der Waals surface area contributed by atoms with Gasteiger partial charge in [0.25, 0.3) is 0 Å². The molecule has 0 bridgehead atoms. The molecular weight excluding hydrogens is 228 g/mol. The number of benzene rings is 1. The van der Waals surface area contributed by atoms with Gasteiger partial charge in [-0.3, -0.25) is 0 Å². The smallest absolute Gasteiger partial charge is 0.355 e. The molecule has 0 radical (unpaired) electrons. The number of fused-ring (bicyclic) bond motifs is 1. The molecule has 0 aliphatic rings. The summed E-state index contributed by atoms with van der Waals surface area (Å²) in [6.07, 6.45) is 0. The fourth-order valence-corrected chi connectivity index (χ4v) is 1.88. The molecule has 0 atom stereocenters. The summed E-state index contributed by atoms with van der Waals surface area (Å²) in [7, 11) is 0. The Labute approximate surface area is 106 Å². The molecule has 0 aliphatic heterocycles. The van der Waals surface area contributed by atoms with E-state index < -0.39 is 5.60 Å². The van der Waals surface area contributed by atoms with E-state index in [-0.39, 0.29) is 5.97 Å². The first-order valence-corrected chi connectivity index (χ1v) is 5.89. The molecule has 1 aromatic heterocycles. The maximum Gasteiger partial charge on any atom is 0.355 e. The van der Waals surface area contributed by atoms with E-state index in [0.717, 1.165) is 16.5 Å². The summed E-state index contributed by atoms with van der Waals surface area (Å²) < 4.78 is 5.36. The number of H-pyrrole nitrogens is 1. The summed E-state index contributed by atoms with van der Waals surface area (Å²) in [6, 6.07) is 5.53. The van der Waals surface area contributed by atoms with Crippen LogP contribution in [0.2, 0.25) is 0 Å². The van der Waals surface area contributed by atoms with Crippen LogP contribution in [0.1, 0.15) is 36.8 Å². The average Bonchev–Trinajstić information content (AvgIpc) is 2.54. The lowest BCUT2D eigenvalue weighted by molar-refractivity contribution is 0.00631. The Morgan fingerprint density at radius 3 is 2.61 bits per heavy atom. The first-order valence-electron chi connectivity index (χ1n) is 5.89. The number of esters is 1. The normalized spacial score (nSPS) is 11.8. The molecule has 0 aliphatic carbocycles. The van der Waals surface area contributed by atoms with Crippen LogP contribution < -0.4 is 5.73 Å². The minimum absolute atomic E-state index is 0.338. The van der Waals surface area contributed by atoms with E-state index in [9.17, 15) is 4.79 Å². The number of nitrogen functional groups attached to an aromatic ring is 1. The number of rotatable bonds is 1. The van der Waals surface area contributed by atoms with Gasteiger partial charge in [-0.15, -0.1) is 0 Å². The maximum atomic E-state index is 12.1. The van der Waals surface area contributed by atoms with Crippen molar-refractivity contribution < 1.29 is 9.53 Å². The van der Waals surface area contributed by atoms with Crippen molar-refractivity contribution in [2.45, 2.75) is 33.3 Å². The summed E-state index contributed by atoms with van der Waals surface area (Å²) >= 11 is 0. The Balaban J connectivity index is 2.46. The van der Waals surface area contributed by atoms with Crippen molar-refractivity contribution in [2.75, 3.05) is 5.73 Å². The van der Waals surface area contributed by atoms with Crippen LogP contribution in [0.3, 0.4) is 0 Å². The zero-order chi connectivity index (χ0) is 13.5. The Morgan fingerprint density at radius 1 is 1.33 bits per heavy atom. The predicted molar refractivity (Wildman–Crippen MR) is 72.6 cm³/mol. The summed E-state index contributed by atoms with van der Waals surface area (Å²) in [6.45, 7) is 7.43. The van der Waals surface area contributed by atoms with Crippen LogP contribution >= 0.6 is 0 Å². The maximum absolute atomic E-state index is 12.1. The number of aryl methyl sites for hydroxylation is 1. The molecule has 0 saturated heterocycles. The third-order valence-corrected chi connectivity index (χ3v) is 2.69. The molecule has 4 heteroatoms. The molecule has 1 heterocycles. The Bertz CT molecular complexity index is 606. The number of ether oxygens (including phenoxy) is 1. The van der Waals surface area contributed by atoms with Crippen LogP contribution in [0.5, 0.6) is 0 Å². The molecule has 4 nitrogen and oxygen atoms in total. The van der Waals surface area contributed by atoms with Crippen LogP contribution in [-0.4, -0.2) is 16.6 Å². The number of hydrogen-bond donors (Lipinski definition) is 2. The van der Waals surface area contributed by atoms with Crippen LogP contribution in [-0.2, 0) is 4.74 Å². The van der Waals surface area contributed by atoms with Gasteiger partial charge in [0.1, 0.15) is 11.3 Å². The number of hydrogen-bond acceptors (Lipinski definition) is 3. The summed E-state index contributed by atoms with van der Waals surface area (Å²) in [4.78, 5) is 15.1. The van der Waals surface area contributed by atoms with Gasteiger partial charge in [0.15, 0.2) is 0 Å². The number of nitrogens with two attached hydrogens (primary N) is 1. The van der Waals surface area contributed by atoms with Gasteiger partial charge in [-0.05, 0) is 51.5 Å². The summed E-state index contributed by atoms with van der Waals surface area (Å²) in [5.74, 6) is -0.338. The van der Waals surface area contributed by atoms with Crippen molar-refractivity contribution in [1.29, 1.82) is 0 Å². The van der Waals surface area contributed by atoms with Gasteiger partial charge in [-0.2, -0.15) is 0 Å². The standard InChI is InChI=1S/C14H18N2O2/c1-8-10-7-9(15)5-6-11(10)16-12(8)13(17)18-14(2,3)4/h5-7,16H,15H2,1-4H3. The molecule has 0 fully saturated rings. The zero-order valence-electron chi connectivity index (χ0n) is 11.1. The lowest BCUT2D eigenvalue weighted by Gasteiger charge is -2.19. The minimum Gasteiger partial charge on any atom is -0.455 e. The van der Waals surface area contributed by atoms with Crippen molar-refractivity contribution in [1.82, 2.24) is 4.98 Å². The summed E-state index contributed by atoms with van der Waals surface area (Å²) in [5, 5.41) is 0.954. The van der Waals surface area contributed by atoms with Crippen LogP contribution in [0.15, 0.2) is 18.2 Å². The quantitative estimate of drug-likeness (QED) is 0.600. The second-order valence-electron chi connectivity index (χ2n) is 5.43. The Morgan fingerprint density at radius 2 is 2.00 bits per heavy atom. The Hall–Kier alpha value is -1.97. The molecule has 0 amide bonds. The van der Waals surface area contributed by atoms with Crippen LogP contribution in [0, 0.1) is 6.92 Å². The average molecular weight is 246 g/mol. The molecule has 2 rings (SSSR count). The van der Waals surface area contributed by atoms with E-state index in [0.29, 0.717) is 11.4 Å². The second-order valence-corrected chi connectivity index (χ2v) is 5.43. The van der Waals surface area contributed by atoms with E-state index in [4.69, 9.17) is 10.5 Å². The van der Waals surface area contributed by atoms with Gasteiger partial charge in [0.2, 0.25) is 0 Å². The largest absolute Gasteiger partial charge is 0.455 e. The van der Waals surface area contributed by atoms with Crippen molar-refractivity contribution >= 4 is 22.6 Å². The second kappa shape index (κ2) is 4.05. The molecule has 18 heavy (non-hydrogen) atoms. The summed E-state index contributed by atoms with van der Waals surface area (Å²) in [5.41, 5.74) is 8.18. The van der Waals surface area contributed by atoms with Gasteiger partial charge in [0.05, 0.1) is 0 Å². The molecule has 3 N–H and O–H groups in total. The highest BCUT2D eigenvalue weighted by molar-refractivity contribution is 5.99. The fraction of sp³-hybridized carbons (Fsp3) is 0.357. The van der Waals surface area contributed by atoms with E-state index in [1.807, 2.05) is 39.8 Å². The molecule has 2 aromatic rings. The van der Waals surface area contributed by atoms with E-state index in [2.05, 4.69) is 4.98 Å². The molecule has 0 unspecified atom stereocenters. The first-order chi connectivity index (χ1) is 8.28. The SMILES string of the molecule is Cc1c(C(=O)OC(C)(C)C)[nH]c2ccc(N)cc12. The highest BCUT2D eigenvalue weighted by Gasteiger charge is 2.21. The van der Waals surface area contributed by atoms with Gasteiger partial charge in [-0.25, -0.2) is 4.79 Å². The van der Waals surface area contributed by atoms with E-state index >= 15 is 0 Å². The van der Waals surface area contributed by atoms with E-state index in [1.165, 1.54) is 0 Å². The Kier molecular flexibility index (Phi) is 2.81. The highest BCUT2D eigenvalue weighted by atomic mass is 16.6. The zero-order valence-corrected chi connectivity index (χ0v) is 11.1. The van der Waals surface area contributed by atoms with Crippen LogP contribution in [0.25, 0.3) is 10.9 Å². The van der Waals surface area contributed by atoms with Crippen molar-refractivity contribution in [2.24, 2.45) is 0 Å². The number of carbonyl (C=O) groups is 1. The first kappa shape index (κ1) is 12.5. The monoisotopic (exact) mass is 246 g/mol. The fourth-order valence-electron chi connectivity index (χ4n) is 1.88. The lowest BCUT2D eigenvalue weighted by Crippen LogP contribution is -2.24. The molecule has 96 valence electrons. The van der Waals surface area contributed by atoms with Crippen molar-refractivity contribution in [3.8, 4) is 0 Å². The number of carbonyl (C=O) groups excluding carboxylic acids is 1. The third kappa shape index (κ3) is 2.32. The van der Waals surface area contributed by atoms with Gasteiger partial charge < -0.3 is 15.5 Å². The number of nitrogens with one attached hydrogen (secondary N) is 1. The lowest BCUT2D eigenvalue weighted by atomic mass is 10.1. The number of aromatic nitrogens is 1. The van der Waals surface area contributed by atoms with Gasteiger partial charge >= 0.3 is 5.97 Å². The molecule has 1 aromatic carbocycles. The molecular formula is C14H18N2O2. The van der Waals surface area contributed by atoms with Gasteiger partial charge in [-0.1, -0.05) is 0 Å². The van der Waals surface area contributed by atoms with Crippen molar-refractivity contribution in [3.63, 3.8) is 0 Å². The van der Waals surface area contributed by atoms with Gasteiger partial charge in [0, 0.05) is 16.6 Å². The topological polar surface area (TPSA) is 68.1 Å². The minimum atomic E-state index is -0.500. The number of anilines is 1. The van der Waals surface area contributed by atoms with E-state index in [1.54, 1.807) is 6.07 Å². The van der Waals surface area contributed by atoms with Crippen LogP contribution in [0.4, 0.5) is 5.69 Å².